The standard InChI is InChI=1S/C22H21NO5S2/c1-14(16-6-4-3-5-7-16)23-21(26)19(30-22(23)29)13-15-8-9-17(18(12-15)27-2)28-11-10-20(24)25/h3-9,12-14H,10-11H2,1-2H3,(H,24,25)/b19-13+. The van der Waals surface area contributed by atoms with Gasteiger partial charge in [-0.15, -0.1) is 0 Å². The van der Waals surface area contributed by atoms with Crippen molar-refractivity contribution in [2.45, 2.75) is 19.4 Å². The molecular weight excluding hydrogens is 422 g/mol. The van der Waals surface area contributed by atoms with Crippen LogP contribution in [0.25, 0.3) is 6.08 Å². The van der Waals surface area contributed by atoms with Crippen LogP contribution in [0.2, 0.25) is 0 Å². The molecule has 8 heteroatoms. The Kier molecular flexibility index (Phi) is 7.12. The lowest BCUT2D eigenvalue weighted by atomic mass is 10.1. The maximum Gasteiger partial charge on any atom is 0.306 e. The number of carboxylic acid groups (broad SMARTS) is 1. The van der Waals surface area contributed by atoms with Crippen LogP contribution >= 0.6 is 24.0 Å². The van der Waals surface area contributed by atoms with Gasteiger partial charge in [0.1, 0.15) is 4.32 Å². The Bertz CT molecular complexity index is 990. The highest BCUT2D eigenvalue weighted by Crippen LogP contribution is 2.38. The first-order valence-electron chi connectivity index (χ1n) is 9.25. The minimum absolute atomic E-state index is 0.0427. The molecule has 0 radical (unpaired) electrons. The predicted octanol–water partition coefficient (Wildman–Crippen LogP) is 4.51. The molecule has 2 aromatic rings. The van der Waals surface area contributed by atoms with Crippen molar-refractivity contribution in [1.82, 2.24) is 4.90 Å². The molecule has 1 aliphatic heterocycles. The molecule has 3 rings (SSSR count). The normalized spacial score (nSPS) is 16.1. The molecule has 1 aliphatic rings. The second kappa shape index (κ2) is 9.77. The summed E-state index contributed by atoms with van der Waals surface area (Å²) in [5.41, 5.74) is 1.77. The van der Waals surface area contributed by atoms with Gasteiger partial charge in [0.15, 0.2) is 11.5 Å². The van der Waals surface area contributed by atoms with Crippen molar-refractivity contribution in [3.05, 3.63) is 64.6 Å². The molecule has 0 spiro atoms. The summed E-state index contributed by atoms with van der Waals surface area (Å²) in [5.74, 6) is -0.164. The number of aliphatic carboxylic acids is 1. The lowest BCUT2D eigenvalue weighted by molar-refractivity contribution is -0.137. The third kappa shape index (κ3) is 5.01. The first-order chi connectivity index (χ1) is 14.4. The van der Waals surface area contributed by atoms with E-state index in [1.54, 1.807) is 29.2 Å². The van der Waals surface area contributed by atoms with E-state index < -0.39 is 5.97 Å². The number of hydrogen-bond acceptors (Lipinski definition) is 6. The highest BCUT2D eigenvalue weighted by Gasteiger charge is 2.35. The smallest absolute Gasteiger partial charge is 0.306 e. The number of benzene rings is 2. The van der Waals surface area contributed by atoms with Gasteiger partial charge < -0.3 is 14.6 Å². The maximum absolute atomic E-state index is 13.0. The average Bonchev–Trinajstić information content (AvgIpc) is 3.01. The Morgan fingerprint density at radius 1 is 1.23 bits per heavy atom. The number of carboxylic acids is 1. The van der Waals surface area contributed by atoms with E-state index in [9.17, 15) is 9.59 Å². The fourth-order valence-electron chi connectivity index (χ4n) is 2.99. The number of ether oxygens (including phenoxy) is 2. The molecule has 1 N–H and O–H groups in total. The summed E-state index contributed by atoms with van der Waals surface area (Å²) in [4.78, 5) is 25.8. The van der Waals surface area contributed by atoms with Gasteiger partial charge in [-0.1, -0.05) is 60.4 Å². The first kappa shape index (κ1) is 21.9. The molecule has 1 atom stereocenters. The minimum Gasteiger partial charge on any atom is -0.493 e. The maximum atomic E-state index is 13.0. The molecular formula is C22H21NO5S2. The van der Waals surface area contributed by atoms with Gasteiger partial charge in [-0.3, -0.25) is 14.5 Å². The molecule has 0 aliphatic carbocycles. The number of carbonyl (C=O) groups excluding carboxylic acids is 1. The molecule has 30 heavy (non-hydrogen) atoms. The van der Waals surface area contributed by atoms with Crippen molar-refractivity contribution >= 4 is 46.3 Å². The summed E-state index contributed by atoms with van der Waals surface area (Å²) < 4.78 is 11.3. The van der Waals surface area contributed by atoms with Gasteiger partial charge in [-0.2, -0.15) is 0 Å². The lowest BCUT2D eigenvalue weighted by Crippen LogP contribution is -2.30. The number of hydrogen-bond donors (Lipinski definition) is 1. The van der Waals surface area contributed by atoms with Crippen LogP contribution in [0.4, 0.5) is 0 Å². The van der Waals surface area contributed by atoms with E-state index in [2.05, 4.69) is 0 Å². The molecule has 1 fully saturated rings. The van der Waals surface area contributed by atoms with Gasteiger partial charge in [-0.25, -0.2) is 0 Å². The van der Waals surface area contributed by atoms with Crippen molar-refractivity contribution in [1.29, 1.82) is 0 Å². The summed E-state index contributed by atoms with van der Waals surface area (Å²) in [6.07, 6.45) is 1.66. The number of methoxy groups -OCH3 is 1. The van der Waals surface area contributed by atoms with Gasteiger partial charge in [0.2, 0.25) is 0 Å². The van der Waals surface area contributed by atoms with Crippen molar-refractivity contribution in [3.63, 3.8) is 0 Å². The van der Waals surface area contributed by atoms with E-state index in [-0.39, 0.29) is 25.0 Å². The van der Waals surface area contributed by atoms with Crippen LogP contribution < -0.4 is 9.47 Å². The molecule has 6 nitrogen and oxygen atoms in total. The van der Waals surface area contributed by atoms with E-state index in [4.69, 9.17) is 26.8 Å². The largest absolute Gasteiger partial charge is 0.493 e. The monoisotopic (exact) mass is 443 g/mol. The van der Waals surface area contributed by atoms with Gasteiger partial charge in [0, 0.05) is 0 Å². The van der Waals surface area contributed by atoms with Crippen LogP contribution in [-0.4, -0.2) is 39.9 Å². The Labute approximate surface area is 184 Å². The highest BCUT2D eigenvalue weighted by molar-refractivity contribution is 8.26. The fourth-order valence-corrected chi connectivity index (χ4v) is 4.41. The third-order valence-electron chi connectivity index (χ3n) is 4.55. The van der Waals surface area contributed by atoms with Gasteiger partial charge in [0.05, 0.1) is 31.1 Å². The van der Waals surface area contributed by atoms with Crippen LogP contribution in [0.15, 0.2) is 53.4 Å². The molecule has 1 heterocycles. The van der Waals surface area contributed by atoms with Gasteiger partial charge in [0.25, 0.3) is 5.91 Å². The summed E-state index contributed by atoms with van der Waals surface area (Å²) in [6, 6.07) is 14.8. The number of thioether (sulfide) groups is 1. The van der Waals surface area contributed by atoms with Crippen LogP contribution in [-0.2, 0) is 9.59 Å². The zero-order valence-electron chi connectivity index (χ0n) is 16.5. The van der Waals surface area contributed by atoms with Crippen molar-refractivity contribution in [2.75, 3.05) is 13.7 Å². The zero-order valence-corrected chi connectivity index (χ0v) is 18.2. The van der Waals surface area contributed by atoms with Gasteiger partial charge >= 0.3 is 5.97 Å². The molecule has 0 bridgehead atoms. The Morgan fingerprint density at radius 2 is 1.97 bits per heavy atom. The summed E-state index contributed by atoms with van der Waals surface area (Å²) in [7, 11) is 1.50. The van der Waals surface area contributed by atoms with Crippen LogP contribution in [0.1, 0.15) is 30.5 Å². The second-order valence-corrected chi connectivity index (χ2v) is 8.22. The van der Waals surface area contributed by atoms with E-state index in [1.165, 1.54) is 18.9 Å². The first-order valence-corrected chi connectivity index (χ1v) is 10.5. The molecule has 0 aromatic heterocycles. The minimum atomic E-state index is -0.933. The van der Waals surface area contributed by atoms with E-state index in [0.717, 1.165) is 11.1 Å². The zero-order chi connectivity index (χ0) is 21.7. The Balaban J connectivity index is 1.79. The van der Waals surface area contributed by atoms with Crippen LogP contribution in [0, 0.1) is 0 Å². The Hall–Kier alpha value is -2.84. The Morgan fingerprint density at radius 3 is 2.63 bits per heavy atom. The van der Waals surface area contributed by atoms with Crippen LogP contribution in [0.5, 0.6) is 11.5 Å². The molecule has 1 saturated heterocycles. The number of amides is 1. The van der Waals surface area contributed by atoms with Crippen molar-refractivity contribution < 1.29 is 24.2 Å². The highest BCUT2D eigenvalue weighted by atomic mass is 32.2. The van der Waals surface area contributed by atoms with E-state index in [1.807, 2.05) is 37.3 Å². The fraction of sp³-hybridized carbons (Fsp3) is 0.227. The molecule has 0 saturated carbocycles. The molecule has 1 amide bonds. The lowest BCUT2D eigenvalue weighted by Gasteiger charge is -2.23. The topological polar surface area (TPSA) is 76.1 Å². The third-order valence-corrected chi connectivity index (χ3v) is 5.88. The molecule has 156 valence electrons. The number of carbonyl (C=O) groups is 2. The quantitative estimate of drug-likeness (QED) is 0.475. The summed E-state index contributed by atoms with van der Waals surface area (Å²) >= 11 is 6.73. The number of thiocarbonyl (C=S) groups is 1. The van der Waals surface area contributed by atoms with Crippen molar-refractivity contribution in [3.8, 4) is 11.5 Å². The number of rotatable bonds is 8. The second-order valence-electron chi connectivity index (χ2n) is 6.54. The van der Waals surface area contributed by atoms with E-state index in [0.29, 0.717) is 20.7 Å². The van der Waals surface area contributed by atoms with E-state index >= 15 is 0 Å². The summed E-state index contributed by atoms with van der Waals surface area (Å²) in [6.45, 7) is 2.00. The SMILES string of the molecule is COc1cc(/C=C2/SC(=S)N(C(C)c3ccccc3)C2=O)ccc1OCCC(=O)O. The van der Waals surface area contributed by atoms with Crippen LogP contribution in [0.3, 0.4) is 0 Å². The molecule has 1 unspecified atom stereocenters. The van der Waals surface area contributed by atoms with Gasteiger partial charge in [-0.05, 0) is 36.3 Å². The summed E-state index contributed by atoms with van der Waals surface area (Å²) in [5, 5.41) is 8.73. The number of nitrogens with zero attached hydrogens (tertiary/aromatic N) is 1. The predicted molar refractivity (Wildman–Crippen MR) is 121 cm³/mol. The average molecular weight is 444 g/mol. The van der Waals surface area contributed by atoms with Crippen molar-refractivity contribution in [2.24, 2.45) is 0 Å². The molecule has 2 aromatic carbocycles.